The van der Waals surface area contributed by atoms with Crippen LogP contribution < -0.4 is 10.0 Å². The molecule has 2 amide bonds. The second kappa shape index (κ2) is 9.87. The Bertz CT molecular complexity index is 436. The maximum Gasteiger partial charge on any atom is 3.00 e. The van der Waals surface area contributed by atoms with Crippen molar-refractivity contribution in [3.8, 4) is 0 Å². The van der Waals surface area contributed by atoms with Crippen LogP contribution in [-0.2, 0) is 52.5 Å². The molecule has 0 unspecified atom stereocenters. The van der Waals surface area contributed by atoms with Crippen molar-refractivity contribution in [1.82, 2.24) is 14.3 Å². The molecule has 0 aromatic carbocycles. The molecule has 0 aromatic heterocycles. The van der Waals surface area contributed by atoms with Crippen LogP contribution in [0.2, 0.25) is 0 Å². The fourth-order valence-corrected chi connectivity index (χ4v) is 3.17. The van der Waals surface area contributed by atoms with Gasteiger partial charge in [-0.25, -0.2) is 0 Å². The van der Waals surface area contributed by atoms with Crippen LogP contribution in [0, 0.1) is 11.8 Å². The summed E-state index contributed by atoms with van der Waals surface area (Å²) in [6.45, 7) is 2.59. The van der Waals surface area contributed by atoms with Gasteiger partial charge in [0, 0.05) is 27.1 Å². The Kier molecular flexibility index (Phi) is 9.85. The molecule has 0 atom stereocenters. The first-order chi connectivity index (χ1) is 9.35. The molecule has 0 radical (unpaired) electrons. The number of hydrogen-bond donors (Lipinski definition) is 2. The Hall–Kier alpha value is -0.0461. The Balaban J connectivity index is 0.00000400. The summed E-state index contributed by atoms with van der Waals surface area (Å²) >= 11 is 0. The molecule has 7 nitrogen and oxygen atoms in total. The van der Waals surface area contributed by atoms with Crippen LogP contribution in [0.3, 0.4) is 0 Å². The maximum absolute atomic E-state index is 11.6. The van der Waals surface area contributed by atoms with Crippen molar-refractivity contribution in [1.29, 1.82) is 0 Å². The molecule has 0 spiro atoms. The molecule has 1 fully saturated rings. The van der Waals surface area contributed by atoms with Gasteiger partial charge in [0.2, 0.25) is 5.91 Å². The van der Waals surface area contributed by atoms with Crippen molar-refractivity contribution >= 4 is 22.5 Å². The summed E-state index contributed by atoms with van der Waals surface area (Å²) < 4.78 is 25.9. The zero-order valence-electron chi connectivity index (χ0n) is 12.5. The minimum absolute atomic E-state index is 0. The van der Waals surface area contributed by atoms with E-state index < -0.39 is 10.2 Å². The summed E-state index contributed by atoms with van der Waals surface area (Å²) in [7, 11) is -2.29. The van der Waals surface area contributed by atoms with Crippen molar-refractivity contribution in [3.63, 3.8) is 0 Å². The number of carbonyl (C=O) groups excluding carboxylic acids is 2. The molecule has 1 rings (SSSR count). The van der Waals surface area contributed by atoms with E-state index in [2.05, 4.69) is 5.32 Å². The first kappa shape index (κ1) is 21.0. The average molecular weight is 393 g/mol. The zero-order valence-corrected chi connectivity index (χ0v) is 16.1. The van der Waals surface area contributed by atoms with Gasteiger partial charge in [0.15, 0.2) is 0 Å². The van der Waals surface area contributed by atoms with Gasteiger partial charge in [-0.15, -0.1) is 0 Å². The third-order valence-electron chi connectivity index (χ3n) is 3.70. The van der Waals surface area contributed by atoms with Crippen LogP contribution in [0.5, 0.6) is 0 Å². The summed E-state index contributed by atoms with van der Waals surface area (Å²) in [6.07, 6.45) is 5.00. The molecule has 9 heteroatoms. The fraction of sp³-hybridized carbons (Fsp3) is 0.833. The van der Waals surface area contributed by atoms with Crippen LogP contribution >= 0.6 is 0 Å². The van der Waals surface area contributed by atoms with E-state index in [0.717, 1.165) is 30.0 Å². The second-order valence-corrected chi connectivity index (χ2v) is 7.09. The van der Waals surface area contributed by atoms with Crippen molar-refractivity contribution in [2.45, 2.75) is 32.6 Å². The Labute approximate surface area is 151 Å². The largest absolute Gasteiger partial charge is 3.00 e. The minimum Gasteiger partial charge on any atom is -0.519 e. The molecule has 0 aliphatic heterocycles. The standard InChI is InChI=1S/C12H22N3O4S.Y/c1-10(17)13-7-11-3-5-12(6-4-11)8-15(2)20(18,19)14-9-16;/h11-12H,3-8H2,1-2H3,(H,13,17)(H,14,16);/q-1;+3. The van der Waals surface area contributed by atoms with Crippen molar-refractivity contribution in [2.75, 3.05) is 20.1 Å². The summed E-state index contributed by atoms with van der Waals surface area (Å²) in [6, 6.07) is 0. The predicted molar refractivity (Wildman–Crippen MR) is 74.5 cm³/mol. The third-order valence-corrected chi connectivity index (χ3v) is 5.01. The van der Waals surface area contributed by atoms with Gasteiger partial charge in [0.05, 0.1) is 0 Å². The number of nitrogens with zero attached hydrogens (tertiary/aromatic N) is 1. The van der Waals surface area contributed by atoms with Crippen molar-refractivity contribution in [2.24, 2.45) is 11.8 Å². The van der Waals surface area contributed by atoms with Gasteiger partial charge in [-0.1, -0.05) is 0 Å². The van der Waals surface area contributed by atoms with Gasteiger partial charge >= 0.3 is 32.7 Å². The fourth-order valence-electron chi connectivity index (χ4n) is 2.50. The first-order valence-electron chi connectivity index (χ1n) is 6.69. The van der Waals surface area contributed by atoms with Gasteiger partial charge < -0.3 is 14.8 Å². The summed E-state index contributed by atoms with van der Waals surface area (Å²) in [4.78, 5) is 21.0. The van der Waals surface area contributed by atoms with Crippen molar-refractivity contribution < 1.29 is 50.7 Å². The molecule has 116 valence electrons. The molecule has 1 aliphatic rings. The molecule has 21 heavy (non-hydrogen) atoms. The second-order valence-electron chi connectivity index (χ2n) is 5.31. The van der Waals surface area contributed by atoms with E-state index in [1.54, 1.807) is 4.72 Å². The van der Waals surface area contributed by atoms with Gasteiger partial charge in [-0.3, -0.25) is 4.79 Å². The minimum atomic E-state index is -3.74. The quantitative estimate of drug-likeness (QED) is 0.461. The van der Waals surface area contributed by atoms with E-state index in [9.17, 15) is 18.0 Å². The molecule has 0 aromatic rings. The predicted octanol–water partition coefficient (Wildman–Crippen LogP) is -0.240. The van der Waals surface area contributed by atoms with E-state index in [1.165, 1.54) is 20.4 Å². The van der Waals surface area contributed by atoms with E-state index in [4.69, 9.17) is 0 Å². The van der Waals surface area contributed by atoms with Crippen LogP contribution in [0.1, 0.15) is 32.6 Å². The van der Waals surface area contributed by atoms with E-state index in [0.29, 0.717) is 19.0 Å². The molecule has 2 N–H and O–H groups in total. The molecule has 1 aliphatic carbocycles. The Morgan fingerprint density at radius 2 is 1.76 bits per heavy atom. The smallest absolute Gasteiger partial charge is 0.519 e. The number of nitrogens with one attached hydrogen (secondary N) is 2. The van der Waals surface area contributed by atoms with Gasteiger partial charge in [0.1, 0.15) is 0 Å². The SMILES string of the molecule is CC(=O)NCC1CCC(CN(C)S(=O)(=O)N[C-]=O)CC1.[Y+3]. The summed E-state index contributed by atoms with van der Waals surface area (Å²) in [5, 5.41) is 2.81. The molecule has 1 saturated carbocycles. The van der Waals surface area contributed by atoms with E-state index in [-0.39, 0.29) is 44.5 Å². The van der Waals surface area contributed by atoms with E-state index >= 15 is 0 Å². The van der Waals surface area contributed by atoms with Crippen LogP contribution in [0.25, 0.3) is 0 Å². The molecule has 0 saturated heterocycles. The maximum atomic E-state index is 11.6. The summed E-state index contributed by atoms with van der Waals surface area (Å²) in [5.41, 5.74) is 0. The topological polar surface area (TPSA) is 95.6 Å². The van der Waals surface area contributed by atoms with Crippen LogP contribution in [-0.4, -0.2) is 45.2 Å². The third kappa shape index (κ3) is 7.67. The molecule has 0 heterocycles. The monoisotopic (exact) mass is 393 g/mol. The zero-order chi connectivity index (χ0) is 15.2. The number of rotatable bonds is 7. The van der Waals surface area contributed by atoms with Crippen molar-refractivity contribution in [3.05, 3.63) is 0 Å². The average Bonchev–Trinajstić information content (AvgIpc) is 2.37. The summed E-state index contributed by atoms with van der Waals surface area (Å²) in [5.74, 6) is 0.740. The van der Waals surface area contributed by atoms with Gasteiger partial charge in [-0.2, -0.15) is 19.1 Å². The Morgan fingerprint density at radius 1 is 1.24 bits per heavy atom. The number of hydrogen-bond acceptors (Lipinski definition) is 4. The van der Waals surface area contributed by atoms with Gasteiger partial charge in [-0.05, 0) is 37.5 Å². The number of carbonyl (C=O) groups is 1. The Morgan fingerprint density at radius 3 is 2.24 bits per heavy atom. The first-order valence-corrected chi connectivity index (χ1v) is 8.13. The molecule has 0 bridgehead atoms. The van der Waals surface area contributed by atoms with Crippen LogP contribution in [0.15, 0.2) is 0 Å². The molecular weight excluding hydrogens is 371 g/mol. The number of amides is 2. The van der Waals surface area contributed by atoms with Crippen LogP contribution in [0.4, 0.5) is 0 Å². The van der Waals surface area contributed by atoms with E-state index in [1.807, 2.05) is 0 Å². The normalized spacial score (nSPS) is 22.2. The molecular formula is C12H22N3O4SY+2. The van der Waals surface area contributed by atoms with Gasteiger partial charge in [0.25, 0.3) is 10.2 Å².